The van der Waals surface area contributed by atoms with E-state index in [1.165, 1.54) is 89.0 Å². The van der Waals surface area contributed by atoms with Crippen LogP contribution >= 0.6 is 0 Å². The van der Waals surface area contributed by atoms with Gasteiger partial charge < -0.3 is 19.5 Å². The Labute approximate surface area is 239 Å². The lowest BCUT2D eigenvalue weighted by molar-refractivity contribution is -0.145. The van der Waals surface area contributed by atoms with Crippen molar-refractivity contribution in [3.05, 3.63) is 29.3 Å². The van der Waals surface area contributed by atoms with Crippen molar-refractivity contribution >= 4 is 5.97 Å². The number of aliphatic hydroxyl groups is 1. The minimum atomic E-state index is -0.146. The van der Waals surface area contributed by atoms with Gasteiger partial charge in [0.2, 0.25) is 0 Å². The molecule has 1 aromatic carbocycles. The van der Waals surface area contributed by atoms with Crippen LogP contribution in [0.3, 0.4) is 0 Å². The molecule has 6 heteroatoms. The molecule has 0 unspecified atom stereocenters. The smallest absolute Gasteiger partial charge is 0.306 e. The first-order chi connectivity index (χ1) is 19.2. The van der Waals surface area contributed by atoms with Crippen molar-refractivity contribution < 1.29 is 19.4 Å². The van der Waals surface area contributed by atoms with Crippen LogP contribution < -0.4 is 4.74 Å². The van der Waals surface area contributed by atoms with Gasteiger partial charge in [0.1, 0.15) is 12.4 Å². The molecule has 0 atom stereocenters. The SMILES string of the molecule is CCCCCCCCCCCCCCCc1ccc(COC(=O)CCCN2CCN(CCO)CC2)c(OC)c1. The average Bonchev–Trinajstić information content (AvgIpc) is 2.95. The predicted octanol–water partition coefficient (Wildman–Crippen LogP) is 6.76. The van der Waals surface area contributed by atoms with Crippen LogP contribution in [0.2, 0.25) is 0 Å². The van der Waals surface area contributed by atoms with E-state index in [1.54, 1.807) is 7.11 Å². The average molecular weight is 547 g/mol. The molecule has 0 radical (unpaired) electrons. The largest absolute Gasteiger partial charge is 0.496 e. The fourth-order valence-electron chi connectivity index (χ4n) is 5.47. The van der Waals surface area contributed by atoms with Gasteiger partial charge in [-0.15, -0.1) is 0 Å². The van der Waals surface area contributed by atoms with Crippen molar-refractivity contribution in [2.45, 2.75) is 116 Å². The van der Waals surface area contributed by atoms with Crippen molar-refractivity contribution in [3.63, 3.8) is 0 Å². The summed E-state index contributed by atoms with van der Waals surface area (Å²) >= 11 is 0. The Hall–Kier alpha value is -1.63. The minimum absolute atomic E-state index is 0.146. The van der Waals surface area contributed by atoms with Gasteiger partial charge in [-0.3, -0.25) is 9.69 Å². The molecule has 1 saturated heterocycles. The molecule has 1 aromatic rings. The fourth-order valence-corrected chi connectivity index (χ4v) is 5.47. The van der Waals surface area contributed by atoms with E-state index >= 15 is 0 Å². The van der Waals surface area contributed by atoms with Crippen molar-refractivity contribution in [2.75, 3.05) is 53.0 Å². The highest BCUT2D eigenvalue weighted by molar-refractivity contribution is 5.69. The highest BCUT2D eigenvalue weighted by Crippen LogP contribution is 2.23. The molecular weight excluding hydrogens is 488 g/mol. The third kappa shape index (κ3) is 15.7. The molecule has 0 aliphatic carbocycles. The summed E-state index contributed by atoms with van der Waals surface area (Å²) in [7, 11) is 1.69. The van der Waals surface area contributed by atoms with Gasteiger partial charge in [0.05, 0.1) is 13.7 Å². The molecule has 2 rings (SSSR count). The number of methoxy groups -OCH3 is 1. The van der Waals surface area contributed by atoms with Crippen LogP contribution in [0.5, 0.6) is 5.75 Å². The van der Waals surface area contributed by atoms with Crippen LogP contribution in [0.1, 0.15) is 114 Å². The van der Waals surface area contributed by atoms with Crippen LogP contribution in [0.25, 0.3) is 0 Å². The monoisotopic (exact) mass is 546 g/mol. The van der Waals surface area contributed by atoms with Crippen LogP contribution in [-0.2, 0) is 22.6 Å². The third-order valence-corrected chi connectivity index (χ3v) is 8.05. The summed E-state index contributed by atoms with van der Waals surface area (Å²) in [6.07, 6.45) is 20.2. The Bertz CT molecular complexity index is 749. The molecule has 0 aromatic heterocycles. The van der Waals surface area contributed by atoms with Gasteiger partial charge in [-0.2, -0.15) is 0 Å². The number of aliphatic hydroxyl groups excluding tert-OH is 1. The van der Waals surface area contributed by atoms with Gasteiger partial charge in [-0.1, -0.05) is 96.1 Å². The molecule has 6 nitrogen and oxygen atoms in total. The topological polar surface area (TPSA) is 62.2 Å². The van der Waals surface area contributed by atoms with Crippen molar-refractivity contribution in [3.8, 4) is 5.75 Å². The first-order valence-corrected chi connectivity index (χ1v) is 16.0. The summed E-state index contributed by atoms with van der Waals surface area (Å²) < 4.78 is 11.2. The number of β-amino-alcohol motifs (C(OH)–C–C–N with tert-alkyl or cyclic N) is 1. The summed E-state index contributed by atoms with van der Waals surface area (Å²) in [5.41, 5.74) is 2.23. The van der Waals surface area contributed by atoms with E-state index in [0.29, 0.717) is 6.42 Å². The Morgan fingerprint density at radius 3 is 1.92 bits per heavy atom. The zero-order chi connectivity index (χ0) is 28.0. The number of carbonyl (C=O) groups is 1. The first kappa shape index (κ1) is 33.6. The molecule has 224 valence electrons. The third-order valence-electron chi connectivity index (χ3n) is 8.05. The predicted molar refractivity (Wildman–Crippen MR) is 161 cm³/mol. The molecule has 0 saturated carbocycles. The van der Waals surface area contributed by atoms with Gasteiger partial charge in [0.15, 0.2) is 0 Å². The van der Waals surface area contributed by atoms with Crippen LogP contribution in [-0.4, -0.2) is 73.9 Å². The van der Waals surface area contributed by atoms with Gasteiger partial charge in [-0.05, 0) is 37.4 Å². The maximum atomic E-state index is 12.3. The van der Waals surface area contributed by atoms with E-state index in [2.05, 4.69) is 34.9 Å². The molecule has 1 aliphatic heterocycles. The van der Waals surface area contributed by atoms with E-state index in [4.69, 9.17) is 14.6 Å². The number of unbranched alkanes of at least 4 members (excludes halogenated alkanes) is 12. The number of hydrogen-bond donors (Lipinski definition) is 1. The number of rotatable bonds is 23. The van der Waals surface area contributed by atoms with Crippen molar-refractivity contribution in [2.24, 2.45) is 0 Å². The van der Waals surface area contributed by atoms with Crippen LogP contribution in [0.15, 0.2) is 18.2 Å². The molecule has 0 amide bonds. The second-order valence-electron chi connectivity index (χ2n) is 11.3. The Morgan fingerprint density at radius 1 is 0.795 bits per heavy atom. The summed E-state index contributed by atoms with van der Waals surface area (Å²) in [4.78, 5) is 17.0. The van der Waals surface area contributed by atoms with E-state index in [9.17, 15) is 4.79 Å². The zero-order valence-electron chi connectivity index (χ0n) is 25.3. The highest BCUT2D eigenvalue weighted by Gasteiger charge is 2.16. The lowest BCUT2D eigenvalue weighted by Gasteiger charge is -2.34. The highest BCUT2D eigenvalue weighted by atomic mass is 16.5. The Morgan fingerprint density at radius 2 is 1.36 bits per heavy atom. The van der Waals surface area contributed by atoms with Gasteiger partial charge in [-0.25, -0.2) is 0 Å². The van der Waals surface area contributed by atoms with Crippen molar-refractivity contribution in [1.82, 2.24) is 9.80 Å². The molecule has 0 spiro atoms. The zero-order valence-corrected chi connectivity index (χ0v) is 25.3. The standard InChI is InChI=1S/C33H58N2O4/c1-3-4-5-6-7-8-9-10-11-12-13-14-15-17-30-19-20-31(32(28-30)38-2)29-39-33(37)18-16-21-34-22-24-35(25-23-34)26-27-36/h19-20,28,36H,3-18,21-27,29H2,1-2H3. The Balaban J connectivity index is 1.52. The van der Waals surface area contributed by atoms with Gasteiger partial charge in [0, 0.05) is 44.7 Å². The van der Waals surface area contributed by atoms with E-state index in [1.807, 2.05) is 0 Å². The van der Waals surface area contributed by atoms with Crippen molar-refractivity contribution in [1.29, 1.82) is 0 Å². The van der Waals surface area contributed by atoms with Gasteiger partial charge >= 0.3 is 5.97 Å². The number of esters is 1. The molecule has 1 fully saturated rings. The number of benzene rings is 1. The summed E-state index contributed by atoms with van der Waals surface area (Å²) in [6, 6.07) is 6.32. The summed E-state index contributed by atoms with van der Waals surface area (Å²) in [5.74, 6) is 0.669. The molecule has 1 N–H and O–H groups in total. The van der Waals surface area contributed by atoms with Crippen LogP contribution in [0.4, 0.5) is 0 Å². The van der Waals surface area contributed by atoms with E-state index < -0.39 is 0 Å². The molecule has 1 heterocycles. The number of carbonyl (C=O) groups excluding carboxylic acids is 1. The molecule has 0 bridgehead atoms. The molecule has 39 heavy (non-hydrogen) atoms. The maximum absolute atomic E-state index is 12.3. The second kappa shape index (κ2) is 22.1. The molecule has 1 aliphatic rings. The number of nitrogens with zero attached hydrogens (tertiary/aromatic N) is 2. The van der Waals surface area contributed by atoms with E-state index in [0.717, 1.165) is 63.4 Å². The number of ether oxygens (including phenoxy) is 2. The number of piperazine rings is 1. The van der Waals surface area contributed by atoms with E-state index in [-0.39, 0.29) is 19.2 Å². The minimum Gasteiger partial charge on any atom is -0.496 e. The van der Waals surface area contributed by atoms with Crippen LogP contribution in [0, 0.1) is 0 Å². The number of aryl methyl sites for hydroxylation is 1. The lowest BCUT2D eigenvalue weighted by Crippen LogP contribution is -2.47. The quantitative estimate of drug-likeness (QED) is 0.121. The Kier molecular flexibility index (Phi) is 19.0. The maximum Gasteiger partial charge on any atom is 0.306 e. The number of hydrogen-bond acceptors (Lipinski definition) is 6. The lowest BCUT2D eigenvalue weighted by atomic mass is 10.0. The normalized spacial score (nSPS) is 14.5. The summed E-state index contributed by atoms with van der Waals surface area (Å²) in [5, 5.41) is 9.06. The second-order valence-corrected chi connectivity index (χ2v) is 11.3. The molecular formula is C33H58N2O4. The fraction of sp³-hybridized carbons (Fsp3) is 0.788. The van der Waals surface area contributed by atoms with Gasteiger partial charge in [0.25, 0.3) is 0 Å². The summed E-state index contributed by atoms with van der Waals surface area (Å²) in [6.45, 7) is 8.40. The first-order valence-electron chi connectivity index (χ1n) is 16.0.